The fourth-order valence-electron chi connectivity index (χ4n) is 4.04. The highest BCUT2D eigenvalue weighted by Gasteiger charge is 2.42. The molecule has 5 rings (SSSR count). The zero-order chi connectivity index (χ0) is 24.7. The summed E-state index contributed by atoms with van der Waals surface area (Å²) in [5.41, 5.74) is 3.77. The van der Waals surface area contributed by atoms with Crippen LogP contribution in [0.15, 0.2) is 78.2 Å². The van der Waals surface area contributed by atoms with E-state index >= 15 is 0 Å². The molecule has 2 heterocycles. The van der Waals surface area contributed by atoms with Crippen LogP contribution in [-0.2, 0) is 0 Å². The topological polar surface area (TPSA) is 79.4 Å². The Bertz CT molecular complexity index is 1450. The average Bonchev–Trinajstić information content (AvgIpc) is 3.43. The second-order valence-electron chi connectivity index (χ2n) is 9.31. The van der Waals surface area contributed by atoms with Gasteiger partial charge in [0, 0.05) is 33.3 Å². The number of hydrogen-bond acceptors (Lipinski definition) is 5. The number of benzene rings is 3. The predicted molar refractivity (Wildman–Crippen MR) is 138 cm³/mol. The Labute approximate surface area is 207 Å². The van der Waals surface area contributed by atoms with Crippen molar-refractivity contribution in [2.45, 2.75) is 26.3 Å². The van der Waals surface area contributed by atoms with Crippen LogP contribution in [0, 0.1) is 0 Å². The molecular formula is C28H23N3O3S. The van der Waals surface area contributed by atoms with E-state index in [1.54, 1.807) is 44.2 Å². The number of hydrogen-bond donors (Lipinski definition) is 1. The van der Waals surface area contributed by atoms with E-state index < -0.39 is 5.54 Å². The molecule has 0 spiro atoms. The summed E-state index contributed by atoms with van der Waals surface area (Å²) in [6, 6.07) is 22.1. The van der Waals surface area contributed by atoms with Gasteiger partial charge < -0.3 is 5.32 Å². The third-order valence-corrected chi connectivity index (χ3v) is 6.67. The standard InChI is InChI=1S/C28H23N3O3S/c1-28(2,3)31-26(33)21-14-11-19(15-22(21)27(31)34)24(32)29-20-12-9-17(10-13-20)23-16-35-25(30-23)18-7-5-4-6-8-18/h4-16H,1-3H3,(H,29,32). The Kier molecular flexibility index (Phi) is 5.57. The Balaban J connectivity index is 1.31. The van der Waals surface area contributed by atoms with Crippen molar-refractivity contribution in [3.8, 4) is 21.8 Å². The Morgan fingerprint density at radius 1 is 0.857 bits per heavy atom. The smallest absolute Gasteiger partial charge is 0.262 e. The van der Waals surface area contributed by atoms with Crippen LogP contribution in [-0.4, -0.2) is 33.1 Å². The molecule has 3 amide bonds. The lowest BCUT2D eigenvalue weighted by Gasteiger charge is -2.29. The zero-order valence-electron chi connectivity index (χ0n) is 19.5. The Morgan fingerprint density at radius 3 is 2.23 bits per heavy atom. The molecule has 1 N–H and O–H groups in total. The van der Waals surface area contributed by atoms with Crippen molar-refractivity contribution in [2.75, 3.05) is 5.32 Å². The highest BCUT2D eigenvalue weighted by molar-refractivity contribution is 7.13. The number of thiazole rings is 1. The molecule has 174 valence electrons. The van der Waals surface area contributed by atoms with Gasteiger partial charge in [-0.1, -0.05) is 42.5 Å². The van der Waals surface area contributed by atoms with E-state index in [2.05, 4.69) is 5.32 Å². The fourth-order valence-corrected chi connectivity index (χ4v) is 4.87. The number of aromatic nitrogens is 1. The molecule has 4 aromatic rings. The summed E-state index contributed by atoms with van der Waals surface area (Å²) in [4.78, 5) is 44.3. The molecule has 35 heavy (non-hydrogen) atoms. The monoisotopic (exact) mass is 481 g/mol. The first-order valence-corrected chi connectivity index (χ1v) is 12.1. The first-order chi connectivity index (χ1) is 16.7. The molecule has 1 aliphatic rings. The molecule has 1 aliphatic heterocycles. The second-order valence-corrected chi connectivity index (χ2v) is 10.2. The van der Waals surface area contributed by atoms with Gasteiger partial charge in [0.2, 0.25) is 0 Å². The second kappa shape index (κ2) is 8.60. The van der Waals surface area contributed by atoms with Gasteiger partial charge in [0.1, 0.15) is 5.01 Å². The summed E-state index contributed by atoms with van der Waals surface area (Å²) in [7, 11) is 0. The molecule has 0 atom stereocenters. The van der Waals surface area contributed by atoms with E-state index in [-0.39, 0.29) is 23.3 Å². The molecule has 0 radical (unpaired) electrons. The first kappa shape index (κ1) is 22.7. The molecule has 7 heteroatoms. The van der Waals surface area contributed by atoms with Crippen LogP contribution in [0.3, 0.4) is 0 Å². The van der Waals surface area contributed by atoms with Gasteiger partial charge in [0.05, 0.1) is 16.8 Å². The number of anilines is 1. The Hall–Kier alpha value is -4.10. The van der Waals surface area contributed by atoms with E-state index in [1.807, 2.05) is 60.0 Å². The normalized spacial score (nSPS) is 13.2. The summed E-state index contributed by atoms with van der Waals surface area (Å²) in [5, 5.41) is 5.83. The number of rotatable bonds is 4. The van der Waals surface area contributed by atoms with E-state index in [9.17, 15) is 14.4 Å². The minimum atomic E-state index is -0.642. The molecule has 0 bridgehead atoms. The van der Waals surface area contributed by atoms with Crippen LogP contribution in [0.1, 0.15) is 51.8 Å². The van der Waals surface area contributed by atoms with Gasteiger partial charge >= 0.3 is 0 Å². The van der Waals surface area contributed by atoms with E-state index in [4.69, 9.17) is 4.98 Å². The number of imide groups is 1. The molecule has 0 saturated carbocycles. The molecule has 6 nitrogen and oxygen atoms in total. The van der Waals surface area contributed by atoms with Crippen molar-refractivity contribution in [2.24, 2.45) is 0 Å². The quantitative estimate of drug-likeness (QED) is 0.356. The maximum Gasteiger partial charge on any atom is 0.262 e. The van der Waals surface area contributed by atoms with E-state index in [1.165, 1.54) is 11.0 Å². The largest absolute Gasteiger partial charge is 0.322 e. The molecule has 3 aromatic carbocycles. The van der Waals surface area contributed by atoms with Crippen molar-refractivity contribution in [3.05, 3.63) is 94.9 Å². The highest BCUT2D eigenvalue weighted by atomic mass is 32.1. The molecule has 0 aliphatic carbocycles. The minimum Gasteiger partial charge on any atom is -0.322 e. The third kappa shape index (κ3) is 4.26. The summed E-state index contributed by atoms with van der Waals surface area (Å²) in [6.07, 6.45) is 0. The fraction of sp³-hybridized carbons (Fsp3) is 0.143. The number of carbonyl (C=O) groups is 3. The first-order valence-electron chi connectivity index (χ1n) is 11.2. The van der Waals surface area contributed by atoms with Crippen LogP contribution in [0.2, 0.25) is 0 Å². The third-order valence-electron chi connectivity index (χ3n) is 5.78. The van der Waals surface area contributed by atoms with Crippen molar-refractivity contribution in [1.29, 1.82) is 0 Å². The number of nitrogens with zero attached hydrogens (tertiary/aromatic N) is 2. The molecule has 0 fully saturated rings. The summed E-state index contributed by atoms with van der Waals surface area (Å²) < 4.78 is 0. The number of amides is 3. The molecular weight excluding hydrogens is 458 g/mol. The highest BCUT2D eigenvalue weighted by Crippen LogP contribution is 2.31. The maximum atomic E-state index is 12.9. The van der Waals surface area contributed by atoms with Crippen LogP contribution >= 0.6 is 11.3 Å². The molecule has 0 unspecified atom stereocenters. The predicted octanol–water partition coefficient (Wildman–Crippen LogP) is 6.12. The summed E-state index contributed by atoms with van der Waals surface area (Å²) >= 11 is 1.59. The summed E-state index contributed by atoms with van der Waals surface area (Å²) in [5.74, 6) is -1.07. The van der Waals surface area contributed by atoms with Gasteiger partial charge in [-0.3, -0.25) is 19.3 Å². The SMILES string of the molecule is CC(C)(C)N1C(=O)c2ccc(C(=O)Nc3ccc(-c4csc(-c5ccccc5)n4)cc3)cc2C1=O. The van der Waals surface area contributed by atoms with Crippen molar-refractivity contribution < 1.29 is 14.4 Å². The van der Waals surface area contributed by atoms with Gasteiger partial charge in [-0.15, -0.1) is 11.3 Å². The van der Waals surface area contributed by atoms with E-state index in [0.717, 1.165) is 21.8 Å². The van der Waals surface area contributed by atoms with Gasteiger partial charge in [0.15, 0.2) is 0 Å². The minimum absolute atomic E-state index is 0.255. The maximum absolute atomic E-state index is 12.9. The Morgan fingerprint density at radius 2 is 1.54 bits per heavy atom. The van der Waals surface area contributed by atoms with Gasteiger partial charge in [-0.25, -0.2) is 4.98 Å². The summed E-state index contributed by atoms with van der Waals surface area (Å²) in [6.45, 7) is 5.42. The van der Waals surface area contributed by atoms with Crippen molar-refractivity contribution in [1.82, 2.24) is 9.88 Å². The number of nitrogens with one attached hydrogen (secondary N) is 1. The molecule has 1 aromatic heterocycles. The van der Waals surface area contributed by atoms with Crippen LogP contribution < -0.4 is 5.32 Å². The van der Waals surface area contributed by atoms with Crippen molar-refractivity contribution in [3.63, 3.8) is 0 Å². The number of fused-ring (bicyclic) bond motifs is 1. The lowest BCUT2D eigenvalue weighted by atomic mass is 10.1. The zero-order valence-corrected chi connectivity index (χ0v) is 20.3. The number of carbonyl (C=O) groups excluding carboxylic acids is 3. The van der Waals surface area contributed by atoms with Crippen molar-refractivity contribution >= 4 is 34.7 Å². The van der Waals surface area contributed by atoms with Crippen LogP contribution in [0.25, 0.3) is 21.8 Å². The van der Waals surface area contributed by atoms with Gasteiger partial charge in [-0.2, -0.15) is 0 Å². The lowest BCUT2D eigenvalue weighted by Crippen LogP contribution is -2.45. The van der Waals surface area contributed by atoms with Gasteiger partial charge in [0.25, 0.3) is 17.7 Å². The van der Waals surface area contributed by atoms with Gasteiger partial charge in [-0.05, 0) is 51.1 Å². The van der Waals surface area contributed by atoms with Crippen LogP contribution in [0.5, 0.6) is 0 Å². The van der Waals surface area contributed by atoms with E-state index in [0.29, 0.717) is 16.8 Å². The average molecular weight is 482 g/mol. The molecule has 0 saturated heterocycles. The lowest BCUT2D eigenvalue weighted by molar-refractivity contribution is 0.0507. The van der Waals surface area contributed by atoms with Crippen LogP contribution in [0.4, 0.5) is 5.69 Å².